The van der Waals surface area contributed by atoms with Crippen LogP contribution >= 0.6 is 0 Å². The molecule has 4 aromatic carbocycles. The maximum absolute atomic E-state index is 13.8. The number of nitrogens with zero attached hydrogens (tertiary/aromatic N) is 1. The lowest BCUT2D eigenvalue weighted by atomic mass is 9.76. The number of rotatable bonds is 10. The van der Waals surface area contributed by atoms with E-state index >= 15 is 0 Å². The molecular formula is C34H31NO5. The summed E-state index contributed by atoms with van der Waals surface area (Å²) in [5.74, 6) is -2.37. The van der Waals surface area contributed by atoms with Gasteiger partial charge in [0.25, 0.3) is 0 Å². The summed E-state index contributed by atoms with van der Waals surface area (Å²) < 4.78 is 10.5. The quantitative estimate of drug-likeness (QED) is 0.201. The summed E-state index contributed by atoms with van der Waals surface area (Å²) in [6.45, 7) is 0.282. The molecular weight excluding hydrogens is 502 g/mol. The SMILES string of the molecule is COC(=O)[C@H](CC=O)[C@H](C(=O)OC)N(Cc1ccccc1)C1(c2ccccc2)c2ccccc2-c2ccccc21. The van der Waals surface area contributed by atoms with Gasteiger partial charge >= 0.3 is 11.9 Å². The molecule has 202 valence electrons. The molecule has 0 bridgehead atoms. The van der Waals surface area contributed by atoms with Crippen molar-refractivity contribution in [3.63, 3.8) is 0 Å². The molecule has 0 radical (unpaired) electrons. The number of esters is 2. The zero-order valence-electron chi connectivity index (χ0n) is 22.5. The molecule has 5 rings (SSSR count). The van der Waals surface area contributed by atoms with Crippen LogP contribution in [0.1, 0.15) is 28.7 Å². The average Bonchev–Trinajstić information content (AvgIpc) is 3.31. The van der Waals surface area contributed by atoms with Gasteiger partial charge in [0.1, 0.15) is 12.3 Å². The molecule has 0 unspecified atom stereocenters. The Hall–Kier alpha value is -4.55. The van der Waals surface area contributed by atoms with Crippen molar-refractivity contribution < 1.29 is 23.9 Å². The Morgan fingerprint density at radius 1 is 0.725 bits per heavy atom. The van der Waals surface area contributed by atoms with E-state index in [1.807, 2.05) is 89.8 Å². The van der Waals surface area contributed by atoms with Crippen LogP contribution in [0.2, 0.25) is 0 Å². The van der Waals surface area contributed by atoms with Crippen molar-refractivity contribution in [3.05, 3.63) is 131 Å². The minimum Gasteiger partial charge on any atom is -0.469 e. The Kier molecular flexibility index (Phi) is 7.89. The van der Waals surface area contributed by atoms with Gasteiger partial charge in [-0.1, -0.05) is 109 Å². The highest BCUT2D eigenvalue weighted by Crippen LogP contribution is 2.55. The minimum atomic E-state index is -1.15. The number of carbonyl (C=O) groups excluding carboxylic acids is 3. The van der Waals surface area contributed by atoms with E-state index in [0.717, 1.165) is 33.4 Å². The summed E-state index contributed by atoms with van der Waals surface area (Å²) >= 11 is 0. The van der Waals surface area contributed by atoms with Gasteiger partial charge in [0.15, 0.2) is 0 Å². The van der Waals surface area contributed by atoms with Crippen LogP contribution in [-0.4, -0.2) is 43.4 Å². The molecule has 4 aromatic rings. The molecule has 6 nitrogen and oxygen atoms in total. The third-order valence-corrected chi connectivity index (χ3v) is 7.76. The first-order valence-corrected chi connectivity index (χ1v) is 13.2. The van der Waals surface area contributed by atoms with E-state index < -0.39 is 29.4 Å². The van der Waals surface area contributed by atoms with E-state index in [1.165, 1.54) is 14.2 Å². The molecule has 0 saturated heterocycles. The zero-order valence-corrected chi connectivity index (χ0v) is 22.5. The lowest BCUT2D eigenvalue weighted by Gasteiger charge is -2.48. The first-order valence-electron chi connectivity index (χ1n) is 13.2. The second kappa shape index (κ2) is 11.7. The van der Waals surface area contributed by atoms with Crippen LogP contribution in [-0.2, 0) is 35.9 Å². The van der Waals surface area contributed by atoms with E-state index in [2.05, 4.69) is 24.3 Å². The molecule has 0 N–H and O–H groups in total. The van der Waals surface area contributed by atoms with Gasteiger partial charge in [0.05, 0.1) is 25.7 Å². The van der Waals surface area contributed by atoms with Crippen molar-refractivity contribution in [2.45, 2.75) is 24.5 Å². The predicted molar refractivity (Wildman–Crippen MR) is 152 cm³/mol. The minimum absolute atomic E-state index is 0.202. The number of benzene rings is 4. The summed E-state index contributed by atoms with van der Waals surface area (Å²) in [6, 6.07) is 34.9. The van der Waals surface area contributed by atoms with Crippen molar-refractivity contribution >= 4 is 18.2 Å². The summed E-state index contributed by atoms with van der Waals surface area (Å²) in [4.78, 5) is 41.0. The first kappa shape index (κ1) is 27.0. The van der Waals surface area contributed by atoms with E-state index in [9.17, 15) is 14.4 Å². The van der Waals surface area contributed by atoms with Gasteiger partial charge in [0.2, 0.25) is 0 Å². The van der Waals surface area contributed by atoms with Gasteiger partial charge < -0.3 is 14.3 Å². The van der Waals surface area contributed by atoms with Crippen LogP contribution in [0.15, 0.2) is 109 Å². The van der Waals surface area contributed by atoms with Gasteiger partial charge in [-0.05, 0) is 33.4 Å². The number of fused-ring (bicyclic) bond motifs is 3. The highest BCUT2D eigenvalue weighted by molar-refractivity contribution is 5.88. The highest BCUT2D eigenvalue weighted by Gasteiger charge is 2.55. The molecule has 6 heteroatoms. The molecule has 2 atom stereocenters. The highest BCUT2D eigenvalue weighted by atomic mass is 16.5. The maximum atomic E-state index is 13.8. The molecule has 0 spiro atoms. The molecule has 0 heterocycles. The molecule has 1 aliphatic rings. The third kappa shape index (κ3) is 4.50. The van der Waals surface area contributed by atoms with Crippen LogP contribution in [0.5, 0.6) is 0 Å². The van der Waals surface area contributed by atoms with Crippen LogP contribution < -0.4 is 0 Å². The fraction of sp³-hybridized carbons (Fsp3) is 0.206. The molecule has 0 fully saturated rings. The van der Waals surface area contributed by atoms with E-state index in [1.54, 1.807) is 0 Å². The van der Waals surface area contributed by atoms with Crippen molar-refractivity contribution in [1.82, 2.24) is 4.90 Å². The number of methoxy groups -OCH3 is 2. The van der Waals surface area contributed by atoms with Crippen LogP contribution in [0.4, 0.5) is 0 Å². The van der Waals surface area contributed by atoms with E-state index in [-0.39, 0.29) is 13.0 Å². The van der Waals surface area contributed by atoms with E-state index in [0.29, 0.717) is 6.29 Å². The summed E-state index contributed by atoms with van der Waals surface area (Å²) in [7, 11) is 2.57. The molecule has 0 aliphatic heterocycles. The third-order valence-electron chi connectivity index (χ3n) is 7.76. The lowest BCUT2D eigenvalue weighted by Crippen LogP contribution is -2.58. The molecule has 0 saturated carbocycles. The Labute approximate surface area is 234 Å². The number of carbonyl (C=O) groups is 3. The van der Waals surface area contributed by atoms with E-state index in [4.69, 9.17) is 9.47 Å². The standard InChI is InChI=1S/C34H31NO5/c1-39-32(37)28(21-22-36)31(33(38)40-2)35(23-24-13-5-3-6-14-24)34(25-15-7-4-8-16-25)29-19-11-9-17-26(29)27-18-10-12-20-30(27)34/h3-20,22,28,31H,21,23H2,1-2H3/t28-,31-/m1/s1. The Morgan fingerprint density at radius 3 is 1.75 bits per heavy atom. The van der Waals surface area contributed by atoms with Gasteiger partial charge in [-0.15, -0.1) is 0 Å². The number of hydrogen-bond donors (Lipinski definition) is 0. The average molecular weight is 534 g/mol. The first-order chi connectivity index (χ1) is 19.6. The normalized spacial score (nSPS) is 14.5. The van der Waals surface area contributed by atoms with Gasteiger partial charge in [-0.2, -0.15) is 0 Å². The second-order valence-electron chi connectivity index (χ2n) is 9.78. The molecule has 0 amide bonds. The Morgan fingerprint density at radius 2 is 1.23 bits per heavy atom. The van der Waals surface area contributed by atoms with Gasteiger partial charge in [0, 0.05) is 13.0 Å². The van der Waals surface area contributed by atoms with Crippen molar-refractivity contribution in [1.29, 1.82) is 0 Å². The van der Waals surface area contributed by atoms with Crippen molar-refractivity contribution in [3.8, 4) is 11.1 Å². The maximum Gasteiger partial charge on any atom is 0.324 e. The topological polar surface area (TPSA) is 72.9 Å². The smallest absolute Gasteiger partial charge is 0.324 e. The van der Waals surface area contributed by atoms with Gasteiger partial charge in [-0.25, -0.2) is 0 Å². The van der Waals surface area contributed by atoms with Crippen LogP contribution in [0, 0.1) is 5.92 Å². The summed E-state index contributed by atoms with van der Waals surface area (Å²) in [6.07, 6.45) is 0.454. The van der Waals surface area contributed by atoms with Gasteiger partial charge in [-0.3, -0.25) is 14.5 Å². The monoisotopic (exact) mass is 533 g/mol. The molecule has 1 aliphatic carbocycles. The number of aldehydes is 1. The number of ether oxygens (including phenoxy) is 2. The summed E-state index contributed by atoms with van der Waals surface area (Å²) in [5, 5.41) is 0. The zero-order chi connectivity index (χ0) is 28.1. The predicted octanol–water partition coefficient (Wildman–Crippen LogP) is 5.38. The largest absolute Gasteiger partial charge is 0.469 e. The van der Waals surface area contributed by atoms with Crippen molar-refractivity contribution in [2.24, 2.45) is 5.92 Å². The number of hydrogen-bond acceptors (Lipinski definition) is 6. The molecule has 0 aromatic heterocycles. The second-order valence-corrected chi connectivity index (χ2v) is 9.78. The van der Waals surface area contributed by atoms with Crippen LogP contribution in [0.3, 0.4) is 0 Å². The fourth-order valence-electron chi connectivity index (χ4n) is 6.12. The Bertz CT molecular complexity index is 1460. The lowest BCUT2D eigenvalue weighted by molar-refractivity contribution is -0.162. The molecule has 40 heavy (non-hydrogen) atoms. The van der Waals surface area contributed by atoms with Crippen molar-refractivity contribution in [2.75, 3.05) is 14.2 Å². The fourth-order valence-corrected chi connectivity index (χ4v) is 6.12. The summed E-state index contributed by atoms with van der Waals surface area (Å²) in [5.41, 5.74) is 4.87. The van der Waals surface area contributed by atoms with Crippen LogP contribution in [0.25, 0.3) is 11.1 Å². The Balaban J connectivity index is 1.90.